The summed E-state index contributed by atoms with van der Waals surface area (Å²) in [7, 11) is 0. The van der Waals surface area contributed by atoms with E-state index in [0.29, 0.717) is 48.2 Å². The molecule has 3 aromatic rings. The smallest absolute Gasteiger partial charge is 0.416 e. The number of halogens is 3. The van der Waals surface area contributed by atoms with Crippen LogP contribution in [0.4, 0.5) is 24.5 Å². The largest absolute Gasteiger partial charge is 0.461 e. The average Bonchev–Trinajstić information content (AvgIpc) is 3.17. The number of carbonyl (C=O) groups is 2. The third-order valence-corrected chi connectivity index (χ3v) is 5.84. The zero-order valence-electron chi connectivity index (χ0n) is 18.0. The number of piperidine rings is 1. The second-order valence-corrected chi connectivity index (χ2v) is 7.94. The number of aromatic nitrogens is 1. The summed E-state index contributed by atoms with van der Waals surface area (Å²) in [5.41, 5.74) is 1.08. The molecule has 0 spiro atoms. The van der Waals surface area contributed by atoms with E-state index >= 15 is 0 Å². The maximum absolute atomic E-state index is 13.0. The number of para-hydroxylation sites is 1. The van der Waals surface area contributed by atoms with E-state index in [1.165, 1.54) is 6.07 Å². The van der Waals surface area contributed by atoms with E-state index in [2.05, 4.69) is 10.3 Å². The number of benzene rings is 2. The number of aromatic amines is 1. The number of nitrogens with zero attached hydrogens (tertiary/aromatic N) is 1. The Balaban J connectivity index is 1.47. The number of amides is 1. The van der Waals surface area contributed by atoms with Crippen molar-refractivity contribution in [3.05, 3.63) is 59.8 Å². The van der Waals surface area contributed by atoms with Crippen LogP contribution in [0.15, 0.2) is 48.5 Å². The van der Waals surface area contributed by atoms with Crippen LogP contribution in [0.25, 0.3) is 10.9 Å². The van der Waals surface area contributed by atoms with Crippen molar-refractivity contribution >= 4 is 34.2 Å². The van der Waals surface area contributed by atoms with Gasteiger partial charge in [0.1, 0.15) is 5.69 Å². The van der Waals surface area contributed by atoms with Gasteiger partial charge in [-0.15, -0.1) is 0 Å². The molecule has 0 unspecified atom stereocenters. The van der Waals surface area contributed by atoms with Gasteiger partial charge in [0.15, 0.2) is 0 Å². The van der Waals surface area contributed by atoms with E-state index in [9.17, 15) is 22.8 Å². The van der Waals surface area contributed by atoms with E-state index in [-0.39, 0.29) is 24.1 Å². The molecule has 174 valence electrons. The lowest BCUT2D eigenvalue weighted by Crippen LogP contribution is -2.38. The quantitative estimate of drug-likeness (QED) is 0.513. The van der Waals surface area contributed by atoms with Gasteiger partial charge in [0.2, 0.25) is 5.91 Å². The van der Waals surface area contributed by atoms with Crippen molar-refractivity contribution in [2.45, 2.75) is 25.9 Å². The number of hydrogen-bond acceptors (Lipinski definition) is 4. The van der Waals surface area contributed by atoms with E-state index in [1.54, 1.807) is 25.1 Å². The highest BCUT2D eigenvalue weighted by molar-refractivity contribution is 6.11. The van der Waals surface area contributed by atoms with E-state index in [4.69, 9.17) is 4.74 Å². The van der Waals surface area contributed by atoms with E-state index in [0.717, 1.165) is 12.1 Å². The van der Waals surface area contributed by atoms with Crippen molar-refractivity contribution in [2.24, 2.45) is 5.92 Å². The van der Waals surface area contributed by atoms with Crippen LogP contribution < -0.4 is 10.2 Å². The lowest BCUT2D eigenvalue weighted by atomic mass is 9.95. The second-order valence-electron chi connectivity index (χ2n) is 7.94. The first-order valence-corrected chi connectivity index (χ1v) is 10.8. The third-order valence-electron chi connectivity index (χ3n) is 5.84. The molecule has 0 atom stereocenters. The summed E-state index contributed by atoms with van der Waals surface area (Å²) in [6.07, 6.45) is -3.43. The molecule has 6 nitrogen and oxygen atoms in total. The SMILES string of the molecule is CCOC(=O)c1[nH]c2ccccc2c1NC(=O)C1CCN(c2cccc(C(F)(F)F)c2)CC1. The van der Waals surface area contributed by atoms with Crippen LogP contribution in [0.5, 0.6) is 0 Å². The molecular weight excluding hydrogens is 435 g/mol. The van der Waals surface area contributed by atoms with Crippen LogP contribution in [0.2, 0.25) is 0 Å². The minimum atomic E-state index is -4.40. The molecule has 0 saturated carbocycles. The van der Waals surface area contributed by atoms with Crippen molar-refractivity contribution in [3.8, 4) is 0 Å². The lowest BCUT2D eigenvalue weighted by molar-refractivity contribution is -0.137. The van der Waals surface area contributed by atoms with Crippen molar-refractivity contribution in [2.75, 3.05) is 29.9 Å². The summed E-state index contributed by atoms with van der Waals surface area (Å²) >= 11 is 0. The van der Waals surface area contributed by atoms with Gasteiger partial charge in [-0.3, -0.25) is 4.79 Å². The fourth-order valence-electron chi connectivity index (χ4n) is 4.13. The van der Waals surface area contributed by atoms with Crippen LogP contribution in [0.1, 0.15) is 35.8 Å². The Bertz CT molecular complexity index is 1160. The Morgan fingerprint density at radius 2 is 1.85 bits per heavy atom. The maximum Gasteiger partial charge on any atom is 0.416 e. The number of hydrogen-bond donors (Lipinski definition) is 2. The highest BCUT2D eigenvalue weighted by Crippen LogP contribution is 2.34. The molecule has 33 heavy (non-hydrogen) atoms. The average molecular weight is 459 g/mol. The molecule has 1 aliphatic rings. The molecule has 1 fully saturated rings. The first kappa shape index (κ1) is 22.7. The lowest BCUT2D eigenvalue weighted by Gasteiger charge is -2.33. The number of H-pyrrole nitrogens is 1. The number of alkyl halides is 3. The molecule has 1 amide bonds. The fourth-order valence-corrected chi connectivity index (χ4v) is 4.13. The Labute approximate surface area is 188 Å². The molecule has 0 bridgehead atoms. The van der Waals surface area contributed by atoms with Crippen LogP contribution in [-0.2, 0) is 15.7 Å². The number of nitrogens with one attached hydrogen (secondary N) is 2. The Kier molecular flexibility index (Phi) is 6.31. The van der Waals surface area contributed by atoms with Crippen molar-refractivity contribution in [1.82, 2.24) is 4.98 Å². The first-order chi connectivity index (χ1) is 15.8. The minimum absolute atomic E-state index is 0.188. The molecule has 0 radical (unpaired) electrons. The molecule has 1 aromatic heterocycles. The van der Waals surface area contributed by atoms with E-state index < -0.39 is 17.7 Å². The van der Waals surface area contributed by atoms with Gasteiger partial charge in [-0.1, -0.05) is 24.3 Å². The van der Waals surface area contributed by atoms with Crippen molar-refractivity contribution in [1.29, 1.82) is 0 Å². The Morgan fingerprint density at radius 3 is 2.55 bits per heavy atom. The van der Waals surface area contributed by atoms with Gasteiger partial charge in [-0.2, -0.15) is 13.2 Å². The van der Waals surface area contributed by atoms with Crippen molar-refractivity contribution in [3.63, 3.8) is 0 Å². The molecule has 0 aliphatic carbocycles. The summed E-state index contributed by atoms with van der Waals surface area (Å²) < 4.78 is 44.2. The Hall–Kier alpha value is -3.49. The zero-order chi connectivity index (χ0) is 23.6. The second kappa shape index (κ2) is 9.17. The van der Waals surface area contributed by atoms with Gasteiger partial charge in [-0.25, -0.2) is 4.79 Å². The number of anilines is 2. The molecular formula is C24H24F3N3O3. The molecule has 2 N–H and O–H groups in total. The maximum atomic E-state index is 13.0. The van der Waals surface area contributed by atoms with Crippen molar-refractivity contribution < 1.29 is 27.5 Å². The van der Waals surface area contributed by atoms with Gasteiger partial charge in [0, 0.05) is 35.6 Å². The van der Waals surface area contributed by atoms with E-state index in [1.807, 2.05) is 17.0 Å². The number of esters is 1. The van der Waals surface area contributed by atoms with Gasteiger partial charge < -0.3 is 19.9 Å². The van der Waals surface area contributed by atoms with Crippen LogP contribution in [0.3, 0.4) is 0 Å². The normalized spacial score (nSPS) is 15.0. The van der Waals surface area contributed by atoms with Gasteiger partial charge in [0.05, 0.1) is 17.9 Å². The first-order valence-electron chi connectivity index (χ1n) is 10.8. The highest BCUT2D eigenvalue weighted by Gasteiger charge is 2.32. The summed E-state index contributed by atoms with van der Waals surface area (Å²) in [5, 5.41) is 3.59. The predicted octanol–water partition coefficient (Wildman–Crippen LogP) is 5.22. The molecule has 9 heteroatoms. The standard InChI is InChI=1S/C24H24F3N3O3/c1-2-33-23(32)21-20(18-8-3-4-9-19(18)28-21)29-22(31)15-10-12-30(13-11-15)17-7-5-6-16(14-17)24(25,26)27/h3-9,14-15,28H,2,10-13H2,1H3,(H,29,31). The number of fused-ring (bicyclic) bond motifs is 1. The molecule has 1 saturated heterocycles. The monoisotopic (exact) mass is 459 g/mol. The third kappa shape index (κ3) is 4.81. The summed E-state index contributed by atoms with van der Waals surface area (Å²) in [5.74, 6) is -1.10. The fraction of sp³-hybridized carbons (Fsp3) is 0.333. The van der Waals surface area contributed by atoms with Gasteiger partial charge in [-0.05, 0) is 44.0 Å². The molecule has 2 aromatic carbocycles. The van der Waals surface area contributed by atoms with Crippen LogP contribution >= 0.6 is 0 Å². The molecule has 2 heterocycles. The topological polar surface area (TPSA) is 74.4 Å². The molecule has 1 aliphatic heterocycles. The van der Waals surface area contributed by atoms with Gasteiger partial charge >= 0.3 is 12.1 Å². The number of carbonyl (C=O) groups excluding carboxylic acids is 2. The summed E-state index contributed by atoms with van der Waals surface area (Å²) in [6.45, 7) is 2.82. The zero-order valence-corrected chi connectivity index (χ0v) is 18.0. The number of rotatable bonds is 5. The Morgan fingerprint density at radius 1 is 1.12 bits per heavy atom. The molecule has 4 rings (SSSR count). The minimum Gasteiger partial charge on any atom is -0.461 e. The number of ether oxygens (including phenoxy) is 1. The van der Waals surface area contributed by atoms with Crippen LogP contribution in [-0.4, -0.2) is 36.6 Å². The summed E-state index contributed by atoms with van der Waals surface area (Å²) in [6, 6.07) is 12.5. The predicted molar refractivity (Wildman–Crippen MR) is 119 cm³/mol. The highest BCUT2D eigenvalue weighted by atomic mass is 19.4. The summed E-state index contributed by atoms with van der Waals surface area (Å²) in [4.78, 5) is 30.3. The van der Waals surface area contributed by atoms with Crippen LogP contribution in [0, 0.1) is 5.92 Å². The van der Waals surface area contributed by atoms with Gasteiger partial charge in [0.25, 0.3) is 0 Å².